The van der Waals surface area contributed by atoms with Crippen LogP contribution in [0.1, 0.15) is 35.5 Å². The van der Waals surface area contributed by atoms with Crippen LogP contribution in [0, 0.1) is 29.6 Å². The number of aromatic nitrogens is 2. The highest BCUT2D eigenvalue weighted by Gasteiger charge is 2.25. The highest BCUT2D eigenvalue weighted by Crippen LogP contribution is 2.31. The van der Waals surface area contributed by atoms with Crippen LogP contribution in [0.2, 0.25) is 5.02 Å². The Hall–Kier alpha value is -3.39. The third-order valence-electron chi connectivity index (χ3n) is 4.27. The van der Waals surface area contributed by atoms with Gasteiger partial charge in [0.05, 0.1) is 28.3 Å². The number of benzene rings is 2. The number of nitriles is 2. The number of rotatable bonds is 5. The van der Waals surface area contributed by atoms with Crippen molar-refractivity contribution in [2.45, 2.75) is 26.0 Å². The fourth-order valence-electron chi connectivity index (χ4n) is 2.65. The molecule has 2 N–H and O–H groups in total. The van der Waals surface area contributed by atoms with Crippen LogP contribution in [0.25, 0.3) is 11.5 Å². The van der Waals surface area contributed by atoms with E-state index in [1.165, 1.54) is 0 Å². The molecule has 28 heavy (non-hydrogen) atoms. The molecule has 0 fully saturated rings. The Morgan fingerprint density at radius 3 is 2.43 bits per heavy atom. The standard InChI is InChI=1S/C20H16ClN5O2/c1-11-16(8-7-15(10-23)17(11)21)24-18(12(2)27)20-26-25-19(28-20)14-5-3-13(9-22)4-6-14/h3-8,12,18,24,27H,1-2H3/t12-,18-/m0/s1. The number of hydrogen-bond acceptors (Lipinski definition) is 7. The average Bonchev–Trinajstić information content (AvgIpc) is 3.18. The van der Waals surface area contributed by atoms with Gasteiger partial charge in [0.1, 0.15) is 12.1 Å². The van der Waals surface area contributed by atoms with Crippen molar-refractivity contribution in [2.75, 3.05) is 5.32 Å². The third-order valence-corrected chi connectivity index (χ3v) is 4.75. The Balaban J connectivity index is 1.90. The lowest BCUT2D eigenvalue weighted by molar-refractivity contribution is 0.159. The van der Waals surface area contributed by atoms with Crippen molar-refractivity contribution in [3.05, 3.63) is 64.0 Å². The molecule has 140 valence electrons. The minimum absolute atomic E-state index is 0.203. The zero-order valence-electron chi connectivity index (χ0n) is 15.1. The fourth-order valence-corrected chi connectivity index (χ4v) is 2.86. The Labute approximate surface area is 166 Å². The molecular weight excluding hydrogens is 378 g/mol. The molecule has 3 rings (SSSR count). The molecule has 3 aromatic rings. The van der Waals surface area contributed by atoms with Crippen molar-refractivity contribution in [3.63, 3.8) is 0 Å². The largest absolute Gasteiger partial charge is 0.418 e. The van der Waals surface area contributed by atoms with Gasteiger partial charge in [0.25, 0.3) is 0 Å². The minimum Gasteiger partial charge on any atom is -0.418 e. The Kier molecular flexibility index (Phi) is 5.60. The molecule has 7 nitrogen and oxygen atoms in total. The maximum Gasteiger partial charge on any atom is 0.247 e. The number of hydrogen-bond donors (Lipinski definition) is 2. The molecule has 0 saturated carbocycles. The van der Waals surface area contributed by atoms with Gasteiger partial charge in [-0.25, -0.2) is 0 Å². The van der Waals surface area contributed by atoms with Gasteiger partial charge < -0.3 is 14.8 Å². The molecule has 0 bridgehead atoms. The van der Waals surface area contributed by atoms with Gasteiger partial charge in [-0.05, 0) is 55.8 Å². The summed E-state index contributed by atoms with van der Waals surface area (Å²) in [5.41, 5.74) is 2.89. The first-order valence-corrected chi connectivity index (χ1v) is 8.80. The number of anilines is 1. The van der Waals surface area contributed by atoms with Gasteiger partial charge in [-0.15, -0.1) is 10.2 Å². The van der Waals surface area contributed by atoms with Crippen LogP contribution in [0.5, 0.6) is 0 Å². The zero-order valence-corrected chi connectivity index (χ0v) is 15.9. The second kappa shape index (κ2) is 8.10. The molecule has 0 spiro atoms. The third kappa shape index (κ3) is 3.81. The number of aliphatic hydroxyl groups is 1. The minimum atomic E-state index is -0.844. The predicted octanol–water partition coefficient (Wildman–Crippen LogP) is 3.98. The summed E-state index contributed by atoms with van der Waals surface area (Å²) >= 11 is 6.22. The van der Waals surface area contributed by atoms with E-state index in [1.54, 1.807) is 50.2 Å². The molecule has 0 aliphatic heterocycles. The van der Waals surface area contributed by atoms with E-state index in [0.29, 0.717) is 33.0 Å². The van der Waals surface area contributed by atoms with Crippen molar-refractivity contribution in [1.29, 1.82) is 10.5 Å². The Bertz CT molecular complexity index is 1080. The molecule has 0 saturated heterocycles. The van der Waals surface area contributed by atoms with Crippen LogP contribution in [0.4, 0.5) is 5.69 Å². The summed E-state index contributed by atoms with van der Waals surface area (Å²) in [4.78, 5) is 0. The second-order valence-electron chi connectivity index (χ2n) is 6.21. The van der Waals surface area contributed by atoms with Crippen LogP contribution in [0.3, 0.4) is 0 Å². The summed E-state index contributed by atoms with van der Waals surface area (Å²) in [7, 11) is 0. The summed E-state index contributed by atoms with van der Waals surface area (Å²) in [6, 6.07) is 13.5. The average molecular weight is 394 g/mol. The zero-order chi connectivity index (χ0) is 20.3. The Morgan fingerprint density at radius 2 is 1.82 bits per heavy atom. The van der Waals surface area contributed by atoms with Gasteiger partial charge in [0.15, 0.2) is 0 Å². The first-order chi connectivity index (χ1) is 13.4. The predicted molar refractivity (Wildman–Crippen MR) is 103 cm³/mol. The van der Waals surface area contributed by atoms with Crippen molar-refractivity contribution in [2.24, 2.45) is 0 Å². The lowest BCUT2D eigenvalue weighted by atomic mass is 10.1. The van der Waals surface area contributed by atoms with Crippen LogP contribution in [0.15, 0.2) is 40.8 Å². The Morgan fingerprint density at radius 1 is 1.11 bits per heavy atom. The highest BCUT2D eigenvalue weighted by molar-refractivity contribution is 6.32. The molecule has 2 atom stereocenters. The first-order valence-electron chi connectivity index (χ1n) is 8.42. The first kappa shape index (κ1) is 19.4. The molecule has 0 radical (unpaired) electrons. The summed E-state index contributed by atoms with van der Waals surface area (Å²) in [6.07, 6.45) is -0.844. The molecule has 0 aliphatic rings. The summed E-state index contributed by atoms with van der Waals surface area (Å²) in [6.45, 7) is 3.38. The quantitative estimate of drug-likeness (QED) is 0.672. The van der Waals surface area contributed by atoms with Gasteiger partial charge in [-0.1, -0.05) is 11.6 Å². The van der Waals surface area contributed by atoms with Gasteiger partial charge >= 0.3 is 0 Å². The summed E-state index contributed by atoms with van der Waals surface area (Å²) in [5, 5.41) is 39.8. The lowest BCUT2D eigenvalue weighted by Gasteiger charge is -2.21. The fraction of sp³-hybridized carbons (Fsp3) is 0.200. The number of halogens is 1. The normalized spacial score (nSPS) is 12.6. The van der Waals surface area contributed by atoms with Crippen LogP contribution < -0.4 is 5.32 Å². The molecule has 8 heteroatoms. The van der Waals surface area contributed by atoms with E-state index in [2.05, 4.69) is 15.5 Å². The molecule has 2 aromatic carbocycles. The van der Waals surface area contributed by atoms with E-state index in [9.17, 15) is 5.11 Å². The monoisotopic (exact) mass is 393 g/mol. The SMILES string of the molecule is Cc1c(N[C@H](c2nnc(-c3ccc(C#N)cc3)o2)[C@H](C)O)ccc(C#N)c1Cl. The van der Waals surface area contributed by atoms with Crippen molar-refractivity contribution in [1.82, 2.24) is 10.2 Å². The van der Waals surface area contributed by atoms with Gasteiger partial charge in [0.2, 0.25) is 11.8 Å². The summed E-state index contributed by atoms with van der Waals surface area (Å²) in [5.74, 6) is 0.482. The van der Waals surface area contributed by atoms with Crippen molar-refractivity contribution in [3.8, 4) is 23.6 Å². The molecule has 0 aliphatic carbocycles. The number of nitrogens with zero attached hydrogens (tertiary/aromatic N) is 4. The van der Waals surface area contributed by atoms with Crippen molar-refractivity contribution >= 4 is 17.3 Å². The smallest absolute Gasteiger partial charge is 0.247 e. The van der Waals surface area contributed by atoms with Crippen LogP contribution in [-0.2, 0) is 0 Å². The number of nitrogens with one attached hydrogen (secondary N) is 1. The van der Waals surface area contributed by atoms with E-state index in [-0.39, 0.29) is 11.8 Å². The van der Waals surface area contributed by atoms with E-state index < -0.39 is 12.1 Å². The van der Waals surface area contributed by atoms with E-state index in [0.717, 1.165) is 0 Å². The topological polar surface area (TPSA) is 119 Å². The van der Waals surface area contributed by atoms with Crippen molar-refractivity contribution < 1.29 is 9.52 Å². The number of aliphatic hydroxyl groups excluding tert-OH is 1. The van der Waals surface area contributed by atoms with E-state index in [1.807, 2.05) is 12.1 Å². The lowest BCUT2D eigenvalue weighted by Crippen LogP contribution is -2.23. The second-order valence-corrected chi connectivity index (χ2v) is 6.59. The van der Waals surface area contributed by atoms with Gasteiger partial charge in [-0.2, -0.15) is 10.5 Å². The highest BCUT2D eigenvalue weighted by atomic mass is 35.5. The molecular formula is C20H16ClN5O2. The maximum absolute atomic E-state index is 10.2. The van der Waals surface area contributed by atoms with Gasteiger partial charge in [0, 0.05) is 11.3 Å². The summed E-state index contributed by atoms with van der Waals surface area (Å²) < 4.78 is 5.74. The maximum atomic E-state index is 10.2. The van der Waals surface area contributed by atoms with E-state index >= 15 is 0 Å². The molecule has 0 amide bonds. The molecule has 1 aromatic heterocycles. The van der Waals surface area contributed by atoms with E-state index in [4.69, 9.17) is 26.5 Å². The van der Waals surface area contributed by atoms with Crippen LogP contribution in [-0.4, -0.2) is 21.4 Å². The van der Waals surface area contributed by atoms with Crippen LogP contribution >= 0.6 is 11.6 Å². The van der Waals surface area contributed by atoms with Gasteiger partial charge in [-0.3, -0.25) is 0 Å². The molecule has 1 heterocycles. The molecule has 0 unspecified atom stereocenters.